The molecule has 0 amide bonds. The number of nitrogens with zero attached hydrogens (tertiary/aromatic N) is 4. The average Bonchev–Trinajstić information content (AvgIpc) is 1.41. The first-order chi connectivity index (χ1) is 2.41. The van der Waals surface area contributed by atoms with Crippen molar-refractivity contribution in [1.29, 1.82) is 0 Å². The molecule has 0 atom stereocenters. The Balaban J connectivity index is 3.31. The Hall–Kier alpha value is -0.580. The highest BCUT2D eigenvalue weighted by atomic mass is 32.1. The maximum atomic E-state index is 7.56. The molecule has 0 aliphatic carbocycles. The fraction of sp³-hybridized carbons (Fsp3) is 0. The molecule has 0 spiro atoms. The minimum Gasteiger partial charge on any atom is -0.751 e. The third-order valence-electron chi connectivity index (χ3n) is 0.0730. The molecule has 0 unspecified atom stereocenters. The molecule has 28 valence electrons. The van der Waals surface area contributed by atoms with E-state index < -0.39 is 0 Å². The van der Waals surface area contributed by atoms with Gasteiger partial charge in [0.25, 0.3) is 0 Å². The van der Waals surface area contributed by atoms with E-state index in [-0.39, 0.29) is 11.4 Å². The molecule has 5 heteroatoms. The summed E-state index contributed by atoms with van der Waals surface area (Å²) in [5.41, 5.74) is 7.34. The molecule has 0 aromatic rings. The van der Waals surface area contributed by atoms with Crippen LogP contribution in [0.3, 0.4) is 0 Å². The van der Waals surface area contributed by atoms with Crippen molar-refractivity contribution in [2.24, 2.45) is 9.69 Å². The van der Waals surface area contributed by atoms with Gasteiger partial charge in [0.15, 0.2) is 0 Å². The fourth-order valence-corrected chi connectivity index (χ4v) is 0.0490. The van der Waals surface area contributed by atoms with E-state index in [0.29, 0.717) is 0 Å². The van der Waals surface area contributed by atoms with Crippen molar-refractivity contribution >= 4 is 11.4 Å². The van der Waals surface area contributed by atoms with Gasteiger partial charge < -0.3 is 14.8 Å². The molecule has 5 heavy (non-hydrogen) atoms. The highest BCUT2D eigenvalue weighted by molar-refractivity contribution is 7.58. The summed E-state index contributed by atoms with van der Waals surface area (Å²) in [5, 5.41) is 2.19. The van der Waals surface area contributed by atoms with Gasteiger partial charge in [0.05, 0.1) is 0 Å². The van der Waals surface area contributed by atoms with Crippen LogP contribution in [0.4, 0.5) is 0 Å². The summed E-state index contributed by atoms with van der Waals surface area (Å²) in [6.45, 7) is 0. The first-order valence-electron chi connectivity index (χ1n) is 0.765. The van der Waals surface area contributed by atoms with Crippen LogP contribution in [0.2, 0.25) is 0 Å². The predicted octanol–water partition coefficient (Wildman–Crippen LogP) is 0.942. The van der Waals surface area contributed by atoms with Gasteiger partial charge in [-0.2, -0.15) is 0 Å². The summed E-state index contributed by atoms with van der Waals surface area (Å²) in [6, 6.07) is 0. The van der Waals surface area contributed by atoms with E-state index in [0.717, 1.165) is 0 Å². The number of hydrogen-bond acceptors (Lipinski definition) is 0. The first-order valence-corrected chi connectivity index (χ1v) is 1.50. The molecule has 0 saturated carbocycles. The second-order valence-electron chi connectivity index (χ2n) is 0.253. The van der Waals surface area contributed by atoms with Crippen molar-refractivity contribution in [1.82, 2.24) is 0 Å². The quantitative estimate of drug-likeness (QED) is 0.338. The van der Waals surface area contributed by atoms with Gasteiger partial charge in [-0.25, -0.2) is 0 Å². The lowest BCUT2D eigenvalue weighted by atomic mass is 12.8. The highest BCUT2D eigenvalue weighted by Gasteiger charge is 1.10. The predicted molar refractivity (Wildman–Crippen MR) is 18.9 cm³/mol. The molecular formula is N4S-2. The monoisotopic (exact) mass is 88.0 g/mol. The van der Waals surface area contributed by atoms with Crippen LogP contribution in [0, 0.1) is 0 Å². The zero-order chi connectivity index (χ0) is 4.12. The zero-order valence-corrected chi connectivity index (χ0v) is 3.01. The molecule has 0 heterocycles. The SMILES string of the molecule is [N-]=NN=S=[N-]. The smallest absolute Gasteiger partial charge is 0.266 e. The third kappa shape index (κ3) is 3.42. The molecule has 0 saturated heterocycles. The van der Waals surface area contributed by atoms with E-state index >= 15 is 0 Å². The summed E-state index contributed by atoms with van der Waals surface area (Å²) in [4.78, 5) is 0. The van der Waals surface area contributed by atoms with Crippen LogP contribution in [-0.2, 0) is 11.4 Å². The normalized spacial score (nSPS) is 5.60. The Morgan fingerprint density at radius 1 is 1.60 bits per heavy atom. The lowest BCUT2D eigenvalue weighted by Crippen LogP contribution is -1.25. The van der Waals surface area contributed by atoms with Crippen LogP contribution >= 0.6 is 0 Å². The molecule has 0 aliphatic heterocycles. The van der Waals surface area contributed by atoms with Crippen LogP contribution in [0.5, 0.6) is 0 Å². The summed E-state index contributed by atoms with van der Waals surface area (Å²) in [5.74, 6) is 0. The second-order valence-corrected chi connectivity index (χ2v) is 0.579. The Morgan fingerprint density at radius 2 is 2.20 bits per heavy atom. The summed E-state index contributed by atoms with van der Waals surface area (Å²) in [6.07, 6.45) is 0. The highest BCUT2D eigenvalue weighted by Crippen LogP contribution is 1.59. The van der Waals surface area contributed by atoms with Gasteiger partial charge >= 0.3 is 0 Å². The van der Waals surface area contributed by atoms with Crippen molar-refractivity contribution in [2.45, 2.75) is 0 Å². The molecule has 0 aromatic heterocycles. The van der Waals surface area contributed by atoms with Crippen LogP contribution in [-0.4, -0.2) is 0 Å². The maximum Gasteiger partial charge on any atom is -0.266 e. The lowest BCUT2D eigenvalue weighted by molar-refractivity contribution is 1.26. The molecule has 4 nitrogen and oxygen atoms in total. The van der Waals surface area contributed by atoms with Crippen LogP contribution in [0.25, 0.3) is 10.3 Å². The van der Waals surface area contributed by atoms with Crippen molar-refractivity contribution in [3.63, 3.8) is 0 Å². The second kappa shape index (κ2) is 3.42. The lowest BCUT2D eigenvalue weighted by Gasteiger charge is -1.75. The van der Waals surface area contributed by atoms with E-state index in [4.69, 9.17) is 10.3 Å². The average molecular weight is 88.1 g/mol. The van der Waals surface area contributed by atoms with E-state index in [1.54, 1.807) is 0 Å². The van der Waals surface area contributed by atoms with E-state index in [2.05, 4.69) is 9.69 Å². The van der Waals surface area contributed by atoms with Crippen molar-refractivity contribution in [2.75, 3.05) is 0 Å². The summed E-state index contributed by atoms with van der Waals surface area (Å²) in [7, 11) is 0. The van der Waals surface area contributed by atoms with Gasteiger partial charge in [-0.3, -0.25) is 16.6 Å². The van der Waals surface area contributed by atoms with Gasteiger partial charge in [-0.15, -0.1) is 0 Å². The van der Waals surface area contributed by atoms with Gasteiger partial charge in [0, 0.05) is 0 Å². The molecule has 0 rings (SSSR count). The Bertz CT molecular complexity index is 67.7. The van der Waals surface area contributed by atoms with Crippen molar-refractivity contribution in [3.8, 4) is 0 Å². The molecule has 0 aliphatic rings. The molecule has 0 fully saturated rings. The molecule has 0 bridgehead atoms. The Kier molecular flexibility index (Phi) is 3.02. The van der Waals surface area contributed by atoms with E-state index in [1.807, 2.05) is 0 Å². The van der Waals surface area contributed by atoms with Gasteiger partial charge in [-0.05, 0) is 0 Å². The maximum absolute atomic E-state index is 7.56. The number of rotatable bonds is 1. The zero-order valence-electron chi connectivity index (χ0n) is 2.20. The van der Waals surface area contributed by atoms with E-state index in [1.165, 1.54) is 0 Å². The van der Waals surface area contributed by atoms with Gasteiger partial charge in [0.1, 0.15) is 0 Å². The van der Waals surface area contributed by atoms with E-state index in [9.17, 15) is 0 Å². The van der Waals surface area contributed by atoms with Crippen LogP contribution in [0.1, 0.15) is 0 Å². The number of hydrogen-bond donors (Lipinski definition) is 0. The molecular weight excluding hydrogens is 88.1 g/mol. The minimum atomic E-state index is 0.110. The Morgan fingerprint density at radius 3 is 2.20 bits per heavy atom. The Labute approximate surface area is 32.4 Å². The molecule has 0 aromatic carbocycles. The topological polar surface area (TPSA) is 69.3 Å². The van der Waals surface area contributed by atoms with Crippen molar-refractivity contribution in [3.05, 3.63) is 10.3 Å². The van der Waals surface area contributed by atoms with Crippen LogP contribution in [0.15, 0.2) is 9.69 Å². The van der Waals surface area contributed by atoms with Crippen molar-refractivity contribution < 1.29 is 0 Å². The largest absolute Gasteiger partial charge is 0.751 e. The third-order valence-corrected chi connectivity index (χ3v) is 0.219. The standard InChI is InChI=1S/N4S/c1-3-4-5-2/q-2. The first kappa shape index (κ1) is 4.42. The molecule has 0 radical (unpaired) electrons. The molecule has 0 N–H and O–H groups in total. The fourth-order valence-electron chi connectivity index (χ4n) is 0.0163. The van der Waals surface area contributed by atoms with Gasteiger partial charge in [-0.1, -0.05) is 0 Å². The minimum absolute atomic E-state index is 0.110. The van der Waals surface area contributed by atoms with Gasteiger partial charge in [0.2, 0.25) is 0 Å². The summed E-state index contributed by atoms with van der Waals surface area (Å²) >= 11 is 0.110. The van der Waals surface area contributed by atoms with Crippen LogP contribution < -0.4 is 0 Å². The summed E-state index contributed by atoms with van der Waals surface area (Å²) < 4.78 is 10.2.